The quantitative estimate of drug-likeness (QED) is 0.729. The average molecular weight is 380 g/mol. The number of methoxy groups -OCH3 is 1. The van der Waals surface area contributed by atoms with Crippen LogP contribution in [0.3, 0.4) is 0 Å². The van der Waals surface area contributed by atoms with Crippen LogP contribution < -0.4 is 9.46 Å². The van der Waals surface area contributed by atoms with Crippen LogP contribution in [0.1, 0.15) is 35.9 Å². The number of hydrogen-bond donors (Lipinski definition) is 1. The fraction of sp³-hybridized carbons (Fsp3) is 0.353. The molecule has 0 aliphatic heterocycles. The van der Waals surface area contributed by atoms with Gasteiger partial charge in [0, 0.05) is 11.1 Å². The fourth-order valence-corrected chi connectivity index (χ4v) is 5.13. The van der Waals surface area contributed by atoms with Gasteiger partial charge in [0.25, 0.3) is 10.0 Å². The molecule has 1 aromatic carbocycles. The lowest BCUT2D eigenvalue weighted by Gasteiger charge is -2.13. The third kappa shape index (κ3) is 3.23. The van der Waals surface area contributed by atoms with Crippen LogP contribution in [0.2, 0.25) is 0 Å². The van der Waals surface area contributed by atoms with E-state index in [1.807, 2.05) is 33.9 Å². The smallest absolute Gasteiger partial charge is 0.279 e. The normalized spacial score (nSPS) is 12.1. The highest BCUT2D eigenvalue weighted by molar-refractivity contribution is 7.92. The van der Waals surface area contributed by atoms with Crippen molar-refractivity contribution in [3.8, 4) is 5.75 Å². The zero-order valence-electron chi connectivity index (χ0n) is 14.8. The third-order valence-electron chi connectivity index (χ3n) is 3.90. The number of nitrogens with one attached hydrogen (secondary N) is 1. The second-order valence-electron chi connectivity index (χ2n) is 6.24. The zero-order chi connectivity index (χ0) is 18.4. The van der Waals surface area contributed by atoms with Crippen molar-refractivity contribution in [1.82, 2.24) is 9.38 Å². The second-order valence-corrected chi connectivity index (χ2v) is 9.05. The lowest BCUT2D eigenvalue weighted by atomic mass is 10.2. The van der Waals surface area contributed by atoms with Crippen LogP contribution in [0.4, 0.5) is 5.69 Å². The number of fused-ring (bicyclic) bond motifs is 1. The van der Waals surface area contributed by atoms with E-state index in [1.54, 1.807) is 29.7 Å². The van der Waals surface area contributed by atoms with Gasteiger partial charge in [0.05, 0.1) is 18.5 Å². The molecule has 0 unspecified atom stereocenters. The van der Waals surface area contributed by atoms with Crippen molar-refractivity contribution in [2.45, 2.75) is 38.6 Å². The number of sulfonamides is 1. The van der Waals surface area contributed by atoms with Gasteiger partial charge in [-0.05, 0) is 43.5 Å². The summed E-state index contributed by atoms with van der Waals surface area (Å²) in [5.41, 5.74) is 1.89. The largest absolute Gasteiger partial charge is 0.497 e. The van der Waals surface area contributed by atoms with Gasteiger partial charge >= 0.3 is 0 Å². The molecule has 134 valence electrons. The first-order valence-electron chi connectivity index (χ1n) is 7.88. The van der Waals surface area contributed by atoms with Crippen LogP contribution in [0.25, 0.3) is 4.96 Å². The summed E-state index contributed by atoms with van der Waals surface area (Å²) in [4.78, 5) is 6.23. The number of thiazole rings is 1. The number of benzene rings is 1. The molecule has 0 bridgehead atoms. The molecule has 0 radical (unpaired) electrons. The van der Waals surface area contributed by atoms with E-state index in [4.69, 9.17) is 4.74 Å². The minimum atomic E-state index is -3.78. The van der Waals surface area contributed by atoms with E-state index in [-0.39, 0.29) is 10.9 Å². The zero-order valence-corrected chi connectivity index (χ0v) is 16.5. The first-order chi connectivity index (χ1) is 11.7. The minimum Gasteiger partial charge on any atom is -0.497 e. The maximum absolute atomic E-state index is 13.1. The van der Waals surface area contributed by atoms with E-state index in [9.17, 15) is 8.42 Å². The molecule has 3 aromatic rings. The molecule has 2 aromatic heterocycles. The summed E-state index contributed by atoms with van der Waals surface area (Å²) in [6.07, 6.45) is 1.81. The lowest BCUT2D eigenvalue weighted by molar-refractivity contribution is 0.414. The van der Waals surface area contributed by atoms with Crippen molar-refractivity contribution in [3.05, 3.63) is 40.5 Å². The third-order valence-corrected chi connectivity index (χ3v) is 6.20. The highest BCUT2D eigenvalue weighted by atomic mass is 32.2. The molecule has 1 N–H and O–H groups in total. The van der Waals surface area contributed by atoms with Crippen LogP contribution in [-0.2, 0) is 10.0 Å². The van der Waals surface area contributed by atoms with Crippen molar-refractivity contribution in [2.24, 2.45) is 0 Å². The van der Waals surface area contributed by atoms with Crippen LogP contribution >= 0.6 is 11.3 Å². The summed E-state index contributed by atoms with van der Waals surface area (Å²) in [6, 6.07) is 5.23. The number of anilines is 1. The van der Waals surface area contributed by atoms with E-state index in [0.717, 1.165) is 10.4 Å². The molecule has 8 heteroatoms. The predicted molar refractivity (Wildman–Crippen MR) is 100 cm³/mol. The summed E-state index contributed by atoms with van der Waals surface area (Å²) in [5.74, 6) is 0.680. The molecule has 6 nitrogen and oxygen atoms in total. The van der Waals surface area contributed by atoms with E-state index in [1.165, 1.54) is 11.3 Å². The lowest BCUT2D eigenvalue weighted by Crippen LogP contribution is -2.17. The topological polar surface area (TPSA) is 72.7 Å². The van der Waals surface area contributed by atoms with E-state index < -0.39 is 10.0 Å². The summed E-state index contributed by atoms with van der Waals surface area (Å²) in [5, 5.41) is 0.206. The number of imidazole rings is 1. The summed E-state index contributed by atoms with van der Waals surface area (Å²) >= 11 is 1.48. The fourth-order valence-electron chi connectivity index (χ4n) is 2.67. The van der Waals surface area contributed by atoms with Crippen LogP contribution in [0.15, 0.2) is 29.4 Å². The van der Waals surface area contributed by atoms with Crippen molar-refractivity contribution in [1.29, 1.82) is 0 Å². The highest BCUT2D eigenvalue weighted by Crippen LogP contribution is 2.31. The van der Waals surface area contributed by atoms with Gasteiger partial charge < -0.3 is 4.74 Å². The molecule has 0 aliphatic carbocycles. The number of ether oxygens (including phenoxy) is 1. The molecule has 2 heterocycles. The maximum atomic E-state index is 13.1. The molecule has 0 atom stereocenters. The minimum absolute atomic E-state index is 0.00375. The number of nitrogens with zero attached hydrogens (tertiary/aromatic N) is 2. The van der Waals surface area contributed by atoms with Gasteiger partial charge in [-0.1, -0.05) is 13.8 Å². The van der Waals surface area contributed by atoms with Gasteiger partial charge in [0.15, 0.2) is 9.99 Å². The van der Waals surface area contributed by atoms with Gasteiger partial charge in [-0.15, -0.1) is 11.3 Å². The molecule has 0 saturated carbocycles. The first kappa shape index (κ1) is 17.8. The van der Waals surface area contributed by atoms with Crippen LogP contribution in [-0.4, -0.2) is 24.9 Å². The maximum Gasteiger partial charge on any atom is 0.279 e. The van der Waals surface area contributed by atoms with Crippen molar-refractivity contribution < 1.29 is 13.2 Å². The number of hydrogen-bond acceptors (Lipinski definition) is 5. The number of rotatable bonds is 5. The molecule has 25 heavy (non-hydrogen) atoms. The number of aromatic nitrogens is 2. The van der Waals surface area contributed by atoms with Gasteiger partial charge in [0.2, 0.25) is 0 Å². The Morgan fingerprint density at radius 1 is 1.28 bits per heavy atom. The Labute approximate surface area is 151 Å². The van der Waals surface area contributed by atoms with Gasteiger partial charge in [0.1, 0.15) is 5.75 Å². The van der Waals surface area contributed by atoms with E-state index in [2.05, 4.69) is 9.71 Å². The SMILES string of the molecule is COc1ccc(NS(=O)(=O)c2c(C(C)C)nc3sc(C)cn23)c(C)c1. The highest BCUT2D eigenvalue weighted by Gasteiger charge is 2.28. The Hall–Kier alpha value is -2.06. The van der Waals surface area contributed by atoms with Crippen LogP contribution in [0.5, 0.6) is 5.75 Å². The van der Waals surface area contributed by atoms with Crippen molar-refractivity contribution in [2.75, 3.05) is 11.8 Å². The predicted octanol–water partition coefficient (Wildman–Crippen LogP) is 3.95. The van der Waals surface area contributed by atoms with Gasteiger partial charge in [-0.25, -0.2) is 4.98 Å². The summed E-state index contributed by atoms with van der Waals surface area (Å²) < 4.78 is 35.8. The summed E-state index contributed by atoms with van der Waals surface area (Å²) in [6.45, 7) is 7.66. The average Bonchev–Trinajstić information content (AvgIpc) is 3.04. The monoisotopic (exact) mass is 379 g/mol. The van der Waals surface area contributed by atoms with Gasteiger partial charge in [-0.3, -0.25) is 9.12 Å². The molecule has 0 amide bonds. The van der Waals surface area contributed by atoms with E-state index in [0.29, 0.717) is 22.1 Å². The number of aryl methyl sites for hydroxylation is 2. The first-order valence-corrected chi connectivity index (χ1v) is 10.2. The van der Waals surface area contributed by atoms with E-state index >= 15 is 0 Å². The van der Waals surface area contributed by atoms with Gasteiger partial charge in [-0.2, -0.15) is 8.42 Å². The molecular weight excluding hydrogens is 358 g/mol. The Bertz CT molecular complexity index is 1030. The molecule has 0 aliphatic rings. The second kappa shape index (κ2) is 6.34. The molecular formula is C17H21N3O3S2. The van der Waals surface area contributed by atoms with Crippen LogP contribution in [0, 0.1) is 13.8 Å². The molecule has 3 rings (SSSR count). The Kier molecular flexibility index (Phi) is 4.51. The van der Waals surface area contributed by atoms with Crippen molar-refractivity contribution >= 4 is 32.0 Å². The summed E-state index contributed by atoms with van der Waals surface area (Å²) in [7, 11) is -2.21. The standard InChI is InChI=1S/C17H21N3O3S2/c1-10(2)15-16(20-9-12(4)24-17(20)18-15)25(21,22)19-14-7-6-13(23-5)8-11(14)3/h6-10,19H,1-5H3. The van der Waals surface area contributed by atoms with Crippen molar-refractivity contribution in [3.63, 3.8) is 0 Å². The Morgan fingerprint density at radius 3 is 2.60 bits per heavy atom. The molecule has 0 fully saturated rings. The Balaban J connectivity index is 2.11. The Morgan fingerprint density at radius 2 is 2.00 bits per heavy atom. The molecule has 0 saturated heterocycles. The molecule has 0 spiro atoms.